The van der Waals surface area contributed by atoms with Crippen LogP contribution in [0.25, 0.3) is 11.3 Å². The fraction of sp³-hybridized carbons (Fsp3) is 0.105. The Morgan fingerprint density at radius 1 is 0.867 bits per heavy atom. The molecule has 0 aliphatic rings. The average molecular weight is 451 g/mol. The highest BCUT2D eigenvalue weighted by molar-refractivity contribution is 7.92. The van der Waals surface area contributed by atoms with Gasteiger partial charge in [-0.05, 0) is 48.5 Å². The van der Waals surface area contributed by atoms with Crippen LogP contribution in [0.3, 0.4) is 0 Å². The van der Waals surface area contributed by atoms with Crippen LogP contribution in [0.15, 0.2) is 53.9 Å². The molecular formula is C19H15F2N3O4S2. The van der Waals surface area contributed by atoms with Gasteiger partial charge in [-0.15, -0.1) is 11.3 Å². The Labute approximate surface area is 174 Å². The summed E-state index contributed by atoms with van der Waals surface area (Å²) >= 11 is 1.08. The van der Waals surface area contributed by atoms with Crippen LogP contribution >= 0.6 is 11.3 Å². The molecule has 0 saturated carbocycles. The lowest BCUT2D eigenvalue weighted by Crippen LogP contribution is -2.30. The van der Waals surface area contributed by atoms with Crippen LogP contribution in [-0.2, 0) is 19.4 Å². The van der Waals surface area contributed by atoms with E-state index in [0.717, 1.165) is 23.5 Å². The predicted molar refractivity (Wildman–Crippen MR) is 110 cm³/mol. The first-order valence-corrected chi connectivity index (χ1v) is 11.2. The smallest absolute Gasteiger partial charge is 0.241 e. The molecule has 0 aliphatic heterocycles. The summed E-state index contributed by atoms with van der Waals surface area (Å²) < 4.78 is 50.1. The lowest BCUT2D eigenvalue weighted by molar-refractivity contribution is -0.114. The molecule has 30 heavy (non-hydrogen) atoms. The van der Waals surface area contributed by atoms with Gasteiger partial charge in [-0.2, -0.15) is 0 Å². The topological polar surface area (TPSA) is 105 Å². The van der Waals surface area contributed by atoms with Gasteiger partial charge in [0.1, 0.15) is 23.1 Å². The average Bonchev–Trinajstić information content (AvgIpc) is 3.11. The molecule has 11 heteroatoms. The number of thiazole rings is 1. The van der Waals surface area contributed by atoms with Gasteiger partial charge in [0.2, 0.25) is 11.8 Å². The predicted octanol–water partition coefficient (Wildman–Crippen LogP) is 3.08. The van der Waals surface area contributed by atoms with Crippen molar-refractivity contribution in [3.8, 4) is 11.3 Å². The van der Waals surface area contributed by atoms with Crippen LogP contribution in [0.5, 0.6) is 0 Å². The Kier molecular flexibility index (Phi) is 6.53. The van der Waals surface area contributed by atoms with Crippen LogP contribution in [0.1, 0.15) is 0 Å². The molecule has 0 radical (unpaired) electrons. The van der Waals surface area contributed by atoms with Crippen LogP contribution < -0.4 is 10.6 Å². The van der Waals surface area contributed by atoms with Gasteiger partial charge in [0.15, 0.2) is 15.0 Å². The SMILES string of the molecule is O=C(CS(=O)(=O)CC(=O)Nc1nc(-c2ccc(F)cc2)cs1)Nc1ccc(F)cc1. The molecule has 0 spiro atoms. The minimum absolute atomic E-state index is 0.172. The number of benzene rings is 2. The van der Waals surface area contributed by atoms with E-state index in [4.69, 9.17) is 0 Å². The van der Waals surface area contributed by atoms with E-state index < -0.39 is 44.8 Å². The van der Waals surface area contributed by atoms with Gasteiger partial charge < -0.3 is 10.6 Å². The lowest BCUT2D eigenvalue weighted by atomic mass is 10.2. The van der Waals surface area contributed by atoms with E-state index in [0.29, 0.717) is 11.3 Å². The third-order valence-electron chi connectivity index (χ3n) is 3.72. The Hall–Kier alpha value is -3.18. The molecule has 3 aromatic rings. The molecule has 0 atom stereocenters. The highest BCUT2D eigenvalue weighted by Gasteiger charge is 2.22. The maximum atomic E-state index is 13.0. The van der Waals surface area contributed by atoms with Gasteiger partial charge in [-0.1, -0.05) is 0 Å². The zero-order chi connectivity index (χ0) is 21.7. The van der Waals surface area contributed by atoms with Crippen molar-refractivity contribution in [2.24, 2.45) is 0 Å². The van der Waals surface area contributed by atoms with Crippen LogP contribution in [0.4, 0.5) is 19.6 Å². The molecule has 0 bridgehead atoms. The molecule has 2 aromatic carbocycles. The number of nitrogens with zero attached hydrogens (tertiary/aromatic N) is 1. The van der Waals surface area contributed by atoms with E-state index in [1.807, 2.05) is 0 Å². The van der Waals surface area contributed by atoms with Gasteiger partial charge in [-0.25, -0.2) is 22.2 Å². The van der Waals surface area contributed by atoms with Crippen molar-refractivity contribution in [1.29, 1.82) is 0 Å². The van der Waals surface area contributed by atoms with E-state index in [2.05, 4.69) is 15.6 Å². The van der Waals surface area contributed by atoms with Crippen LogP contribution in [0.2, 0.25) is 0 Å². The van der Waals surface area contributed by atoms with Crippen molar-refractivity contribution in [3.63, 3.8) is 0 Å². The zero-order valence-corrected chi connectivity index (χ0v) is 16.9. The number of carbonyl (C=O) groups excluding carboxylic acids is 2. The summed E-state index contributed by atoms with van der Waals surface area (Å²) in [6.45, 7) is 0. The van der Waals surface area contributed by atoms with E-state index in [9.17, 15) is 26.8 Å². The summed E-state index contributed by atoms with van der Waals surface area (Å²) in [5, 5.41) is 6.49. The standard InChI is InChI=1S/C19H15F2N3O4S2/c20-13-3-1-12(2-4-13)16-9-29-19(23-16)24-18(26)11-30(27,28)10-17(25)22-15-7-5-14(21)6-8-15/h1-9H,10-11H2,(H,22,25)(H,23,24,26). The highest BCUT2D eigenvalue weighted by Crippen LogP contribution is 2.25. The molecule has 0 fully saturated rings. The Balaban J connectivity index is 1.55. The van der Waals surface area contributed by atoms with Crippen molar-refractivity contribution in [2.45, 2.75) is 0 Å². The Morgan fingerprint density at radius 2 is 1.40 bits per heavy atom. The van der Waals surface area contributed by atoms with Crippen LogP contribution in [0, 0.1) is 11.6 Å². The summed E-state index contributed by atoms with van der Waals surface area (Å²) in [5.74, 6) is -4.39. The van der Waals surface area contributed by atoms with Crippen molar-refractivity contribution in [1.82, 2.24) is 4.98 Å². The first kappa shape index (κ1) is 21.5. The molecule has 7 nitrogen and oxygen atoms in total. The van der Waals surface area contributed by atoms with Gasteiger partial charge in [-0.3, -0.25) is 9.59 Å². The second kappa shape index (κ2) is 9.09. The molecule has 0 aliphatic carbocycles. The Morgan fingerprint density at radius 3 is 2.00 bits per heavy atom. The summed E-state index contributed by atoms with van der Waals surface area (Å²) in [7, 11) is -4.04. The molecule has 0 unspecified atom stereocenters. The number of sulfone groups is 1. The molecule has 2 amide bonds. The molecule has 2 N–H and O–H groups in total. The summed E-state index contributed by atoms with van der Waals surface area (Å²) in [6, 6.07) is 10.4. The van der Waals surface area contributed by atoms with Crippen molar-refractivity contribution >= 4 is 43.8 Å². The number of carbonyl (C=O) groups is 2. The van der Waals surface area contributed by atoms with E-state index in [-0.39, 0.29) is 10.8 Å². The summed E-state index contributed by atoms with van der Waals surface area (Å²) in [5.41, 5.74) is 1.37. The maximum Gasteiger partial charge on any atom is 0.241 e. The second-order valence-corrected chi connectivity index (χ2v) is 9.10. The number of rotatable bonds is 7. The number of aromatic nitrogens is 1. The Bertz CT molecular complexity index is 1160. The minimum Gasteiger partial charge on any atom is -0.325 e. The molecule has 1 aromatic heterocycles. The fourth-order valence-electron chi connectivity index (χ4n) is 2.42. The number of anilines is 2. The fourth-order valence-corrected chi connectivity index (χ4v) is 4.20. The number of hydrogen-bond acceptors (Lipinski definition) is 6. The summed E-state index contributed by atoms with van der Waals surface area (Å²) in [6.07, 6.45) is 0. The van der Waals surface area contributed by atoms with Crippen molar-refractivity contribution in [3.05, 3.63) is 65.5 Å². The summed E-state index contributed by atoms with van der Waals surface area (Å²) in [4.78, 5) is 28.1. The molecule has 3 rings (SSSR count). The van der Waals surface area contributed by atoms with E-state index >= 15 is 0 Å². The van der Waals surface area contributed by atoms with Gasteiger partial charge in [0, 0.05) is 16.6 Å². The third-order valence-corrected chi connectivity index (χ3v) is 5.88. The molecule has 1 heterocycles. The van der Waals surface area contributed by atoms with E-state index in [1.54, 1.807) is 5.38 Å². The van der Waals surface area contributed by atoms with Crippen molar-refractivity contribution in [2.75, 3.05) is 22.1 Å². The highest BCUT2D eigenvalue weighted by atomic mass is 32.2. The quantitative estimate of drug-likeness (QED) is 0.574. The maximum absolute atomic E-state index is 13.0. The number of nitrogens with one attached hydrogen (secondary N) is 2. The minimum atomic E-state index is -4.04. The molecule has 0 saturated heterocycles. The lowest BCUT2D eigenvalue weighted by Gasteiger charge is -2.06. The van der Waals surface area contributed by atoms with Gasteiger partial charge in [0.05, 0.1) is 5.69 Å². The third kappa shape index (κ3) is 6.16. The number of hydrogen-bond donors (Lipinski definition) is 2. The first-order valence-electron chi connectivity index (χ1n) is 8.47. The number of amides is 2. The van der Waals surface area contributed by atoms with Gasteiger partial charge in [0.25, 0.3) is 0 Å². The second-order valence-electron chi connectivity index (χ2n) is 6.18. The largest absolute Gasteiger partial charge is 0.325 e. The molecule has 156 valence electrons. The van der Waals surface area contributed by atoms with Gasteiger partial charge >= 0.3 is 0 Å². The normalized spacial score (nSPS) is 11.1. The zero-order valence-electron chi connectivity index (χ0n) is 15.3. The van der Waals surface area contributed by atoms with Crippen LogP contribution in [-0.4, -0.2) is 36.7 Å². The monoisotopic (exact) mass is 451 g/mol. The first-order chi connectivity index (χ1) is 14.2. The van der Waals surface area contributed by atoms with Crippen molar-refractivity contribution < 1.29 is 26.8 Å². The number of halogens is 2. The van der Waals surface area contributed by atoms with E-state index in [1.165, 1.54) is 36.4 Å². The molecular weight excluding hydrogens is 436 g/mol.